The zero-order valence-electron chi connectivity index (χ0n) is 3.17. The second-order valence-corrected chi connectivity index (χ2v) is 0. The van der Waals surface area contributed by atoms with Crippen molar-refractivity contribution in [3.63, 3.8) is 0 Å². The van der Waals surface area contributed by atoms with E-state index in [0.717, 1.165) is 0 Å². The Balaban J connectivity index is -0.00000000500. The maximum Gasteiger partial charge on any atom is 0.138 e. The standard InChI is InChI=1S/CH4S.2ClH.HOP/c1-2;;;1-2/h2H,1H3;2*1H;2H. The van der Waals surface area contributed by atoms with Crippen LogP contribution in [-0.2, 0) is 4.57 Å². The number of halogens is 2. The Morgan fingerprint density at radius 2 is 1.17 bits per heavy atom. The van der Waals surface area contributed by atoms with Gasteiger partial charge in [-0.3, -0.25) is 4.57 Å². The fourth-order valence-electron chi connectivity index (χ4n) is 0. The molecule has 0 aromatic rings. The van der Waals surface area contributed by atoms with Crippen molar-refractivity contribution in [3.8, 4) is 0 Å². The number of hydrogen-bond acceptors (Lipinski definition) is 2. The minimum absolute atomic E-state index is 0. The van der Waals surface area contributed by atoms with Gasteiger partial charge in [-0.05, 0) is 6.26 Å². The van der Waals surface area contributed by atoms with E-state index >= 15 is 0 Å². The highest BCUT2D eigenvalue weighted by atomic mass is 35.5. The van der Waals surface area contributed by atoms with Crippen LogP contribution in [0.4, 0.5) is 0 Å². The molecule has 0 aromatic carbocycles. The first kappa shape index (κ1) is 27.8. The van der Waals surface area contributed by atoms with Crippen LogP contribution in [0.3, 0.4) is 0 Å². The third-order valence-corrected chi connectivity index (χ3v) is 0. The van der Waals surface area contributed by atoms with Crippen LogP contribution in [0.15, 0.2) is 0 Å². The van der Waals surface area contributed by atoms with Gasteiger partial charge in [0.2, 0.25) is 0 Å². The summed E-state index contributed by atoms with van der Waals surface area (Å²) in [4.78, 5) is 0. The second kappa shape index (κ2) is 144. The molecule has 0 saturated carbocycles. The Hall–Kier alpha value is 1.03. The molecular formula is CH7Cl2OPS. The minimum Gasteiger partial charge on any atom is -0.279 e. The van der Waals surface area contributed by atoms with E-state index in [-0.39, 0.29) is 24.8 Å². The van der Waals surface area contributed by atoms with Gasteiger partial charge in [-0.15, -0.1) is 24.8 Å². The zero-order valence-corrected chi connectivity index (χ0v) is 6.70. The summed E-state index contributed by atoms with van der Waals surface area (Å²) in [6, 6.07) is 0. The van der Waals surface area contributed by atoms with Crippen molar-refractivity contribution in [1.82, 2.24) is 0 Å². The van der Waals surface area contributed by atoms with Gasteiger partial charge in [0.1, 0.15) is 9.12 Å². The predicted molar refractivity (Wildman–Crippen MR) is 38.4 cm³/mol. The van der Waals surface area contributed by atoms with E-state index in [0.29, 0.717) is 0 Å². The molecule has 1 nitrogen and oxygen atoms in total. The summed E-state index contributed by atoms with van der Waals surface area (Å²) in [6.45, 7) is 0. The Labute approximate surface area is 57.7 Å². The molecule has 0 spiro atoms. The van der Waals surface area contributed by atoms with E-state index in [2.05, 4.69) is 12.6 Å². The molecule has 0 aromatic heterocycles. The molecule has 0 bridgehead atoms. The van der Waals surface area contributed by atoms with Gasteiger partial charge in [0.15, 0.2) is 0 Å². The summed E-state index contributed by atoms with van der Waals surface area (Å²) in [5, 5.41) is 0. The monoisotopic (exact) mass is 168 g/mol. The van der Waals surface area contributed by atoms with Gasteiger partial charge in [0.25, 0.3) is 0 Å². The maximum absolute atomic E-state index is 8.06. The average molecular weight is 169 g/mol. The zero-order chi connectivity index (χ0) is 4.00. The van der Waals surface area contributed by atoms with Gasteiger partial charge in [-0.2, -0.15) is 12.6 Å². The van der Waals surface area contributed by atoms with Gasteiger partial charge in [-0.1, -0.05) is 0 Å². The molecule has 6 heavy (non-hydrogen) atoms. The van der Waals surface area contributed by atoms with E-state index in [1.54, 1.807) is 15.4 Å². The van der Waals surface area contributed by atoms with Gasteiger partial charge in [-0.25, -0.2) is 0 Å². The molecule has 0 rings (SSSR count). The normalized spacial score (nSPS) is 1.67. The average Bonchev–Trinajstić information content (AvgIpc) is 1.50. The van der Waals surface area contributed by atoms with Crippen LogP contribution in [0.2, 0.25) is 0 Å². The first-order chi connectivity index (χ1) is 2.00. The van der Waals surface area contributed by atoms with Crippen LogP contribution >= 0.6 is 46.6 Å². The fraction of sp³-hybridized carbons (Fsp3) is 1.00. The van der Waals surface area contributed by atoms with Crippen molar-refractivity contribution >= 4 is 46.6 Å². The Kier molecular flexibility index (Phi) is 667. The van der Waals surface area contributed by atoms with E-state index in [1.807, 2.05) is 0 Å². The van der Waals surface area contributed by atoms with Crippen molar-refractivity contribution < 1.29 is 4.57 Å². The molecule has 0 unspecified atom stereocenters. The highest BCUT2D eigenvalue weighted by Crippen LogP contribution is 1.31. The number of rotatable bonds is 0. The molecule has 42 valence electrons. The molecule has 0 radical (unpaired) electrons. The highest BCUT2D eigenvalue weighted by Gasteiger charge is 0.901. The van der Waals surface area contributed by atoms with E-state index in [4.69, 9.17) is 4.57 Å². The van der Waals surface area contributed by atoms with E-state index in [9.17, 15) is 0 Å². The quantitative estimate of drug-likeness (QED) is 0.432. The van der Waals surface area contributed by atoms with Crippen LogP contribution in [0.5, 0.6) is 0 Å². The largest absolute Gasteiger partial charge is 0.279 e. The maximum atomic E-state index is 8.06. The van der Waals surface area contributed by atoms with E-state index < -0.39 is 0 Å². The first-order valence-electron chi connectivity index (χ1n) is 0.651. The van der Waals surface area contributed by atoms with Crippen LogP contribution in [0.25, 0.3) is 0 Å². The molecule has 5 heteroatoms. The van der Waals surface area contributed by atoms with Crippen molar-refractivity contribution in [2.75, 3.05) is 6.26 Å². The Morgan fingerprint density at radius 1 is 1.17 bits per heavy atom. The summed E-state index contributed by atoms with van der Waals surface area (Å²) in [7, 11) is 1.72. The van der Waals surface area contributed by atoms with Crippen molar-refractivity contribution in [2.45, 2.75) is 0 Å². The molecule has 0 amide bonds. The molecule has 0 fully saturated rings. The molecule has 0 saturated heterocycles. The summed E-state index contributed by atoms with van der Waals surface area (Å²) < 4.78 is 8.06. The van der Waals surface area contributed by atoms with Crippen LogP contribution in [0, 0.1) is 0 Å². The van der Waals surface area contributed by atoms with Gasteiger partial charge in [0, 0.05) is 0 Å². The lowest BCUT2D eigenvalue weighted by atomic mass is 12.0. The fourth-order valence-corrected chi connectivity index (χ4v) is 0. The topological polar surface area (TPSA) is 17.1 Å². The molecule has 0 aliphatic rings. The van der Waals surface area contributed by atoms with Crippen molar-refractivity contribution in [1.29, 1.82) is 0 Å². The molecule has 0 aliphatic heterocycles. The third-order valence-electron chi connectivity index (χ3n) is 0. The SMILES string of the molecule is CS.Cl.Cl.O=P. The summed E-state index contributed by atoms with van der Waals surface area (Å²) in [5.41, 5.74) is 0. The third kappa shape index (κ3) is 77.0. The van der Waals surface area contributed by atoms with E-state index in [1.165, 1.54) is 0 Å². The molecular weight excluding hydrogens is 162 g/mol. The lowest BCUT2D eigenvalue weighted by Gasteiger charge is -1.11. The minimum atomic E-state index is 0. The molecule has 0 aliphatic carbocycles. The molecule has 0 atom stereocenters. The van der Waals surface area contributed by atoms with Crippen LogP contribution in [0.1, 0.15) is 0 Å². The predicted octanol–water partition coefficient (Wildman–Crippen LogP) is 1.86. The first-order valence-corrected chi connectivity index (χ1v) is 1.95. The summed E-state index contributed by atoms with van der Waals surface area (Å²) in [5.74, 6) is 0. The van der Waals surface area contributed by atoms with Crippen molar-refractivity contribution in [2.24, 2.45) is 0 Å². The van der Waals surface area contributed by atoms with Crippen LogP contribution in [-0.4, -0.2) is 6.26 Å². The van der Waals surface area contributed by atoms with Gasteiger partial charge in [0.05, 0.1) is 0 Å². The molecule has 0 heterocycles. The smallest absolute Gasteiger partial charge is 0.138 e. The highest BCUT2D eigenvalue weighted by molar-refractivity contribution is 7.79. The number of thiol groups is 1. The Bertz CT molecular complexity index is 13.5. The van der Waals surface area contributed by atoms with Gasteiger partial charge < -0.3 is 0 Å². The Morgan fingerprint density at radius 3 is 1.17 bits per heavy atom. The summed E-state index contributed by atoms with van der Waals surface area (Å²) >= 11 is 3.53. The van der Waals surface area contributed by atoms with Crippen LogP contribution < -0.4 is 0 Å². The van der Waals surface area contributed by atoms with Gasteiger partial charge >= 0.3 is 0 Å². The lowest BCUT2D eigenvalue weighted by molar-refractivity contribution is 0.607. The number of hydrogen-bond donors (Lipinski definition) is 1. The molecule has 0 N–H and O–H groups in total. The second-order valence-electron chi connectivity index (χ2n) is 0. The lowest BCUT2D eigenvalue weighted by Crippen LogP contribution is -0.865. The van der Waals surface area contributed by atoms with Crippen molar-refractivity contribution in [3.05, 3.63) is 0 Å². The summed E-state index contributed by atoms with van der Waals surface area (Å²) in [6.07, 6.45) is 1.69.